The lowest BCUT2D eigenvalue weighted by molar-refractivity contribution is 0.0707. The van der Waals surface area contributed by atoms with Crippen LogP contribution in [0.4, 0.5) is 0 Å². The predicted octanol–water partition coefficient (Wildman–Crippen LogP) is 6.06. The summed E-state index contributed by atoms with van der Waals surface area (Å²) in [5, 5.41) is 0. The highest BCUT2D eigenvalue weighted by Gasteiger charge is 2.29. The van der Waals surface area contributed by atoms with Crippen molar-refractivity contribution >= 4 is 11.8 Å². The van der Waals surface area contributed by atoms with Gasteiger partial charge in [-0.3, -0.25) is 0 Å². The van der Waals surface area contributed by atoms with E-state index in [4.69, 9.17) is 4.74 Å². The maximum Gasteiger partial charge on any atom is 0.0996 e. The van der Waals surface area contributed by atoms with E-state index in [9.17, 15) is 0 Å². The van der Waals surface area contributed by atoms with E-state index in [0.29, 0.717) is 16.8 Å². The van der Waals surface area contributed by atoms with E-state index in [2.05, 4.69) is 52.8 Å². The van der Waals surface area contributed by atoms with Crippen LogP contribution in [0.3, 0.4) is 0 Å². The van der Waals surface area contributed by atoms with E-state index < -0.39 is 0 Å². The highest BCUT2D eigenvalue weighted by molar-refractivity contribution is 7.99. The molecule has 0 N–H and O–H groups in total. The van der Waals surface area contributed by atoms with Gasteiger partial charge in [0.05, 0.1) is 12.0 Å². The van der Waals surface area contributed by atoms with Crippen LogP contribution in [-0.2, 0) is 4.74 Å². The largest absolute Gasteiger partial charge is 0.368 e. The molecule has 0 aliphatic heterocycles. The molecule has 0 radical (unpaired) electrons. The van der Waals surface area contributed by atoms with E-state index in [-0.39, 0.29) is 0 Å². The Hall–Kier alpha value is 0.270. The van der Waals surface area contributed by atoms with Gasteiger partial charge in [0.1, 0.15) is 0 Å². The number of hydrogen-bond donors (Lipinski definition) is 0. The molecular weight excluding hydrogens is 314 g/mol. The fraction of sp³-hybridized carbons (Fsp3) is 1.00. The van der Waals surface area contributed by atoms with E-state index in [1.54, 1.807) is 11.8 Å². The predicted molar refractivity (Wildman–Crippen MR) is 110 cm³/mol. The topological polar surface area (TPSA) is 12.5 Å². The Morgan fingerprint density at radius 2 is 1.71 bits per heavy atom. The molecule has 2 unspecified atom stereocenters. The molecule has 0 aromatic heterocycles. The third-order valence-electron chi connectivity index (χ3n) is 6.37. The molecule has 0 aromatic carbocycles. The second-order valence-corrected chi connectivity index (χ2v) is 9.87. The molecule has 1 saturated carbocycles. The standard InChI is InChI=1S/C21H43NOS/c1-8-21(4,5)19-11-9-13-20(14-10-12-19)22(6)15-17(2)16-23-18(3)24-7/h17-20H,8-16H2,1-7H3. The molecule has 0 spiro atoms. The number of ether oxygens (including phenoxy) is 1. The number of thioether (sulfide) groups is 1. The van der Waals surface area contributed by atoms with Gasteiger partial charge in [-0.1, -0.05) is 47.0 Å². The summed E-state index contributed by atoms with van der Waals surface area (Å²) < 4.78 is 5.89. The van der Waals surface area contributed by atoms with Gasteiger partial charge in [0.2, 0.25) is 0 Å². The molecule has 0 heterocycles. The smallest absolute Gasteiger partial charge is 0.0996 e. The van der Waals surface area contributed by atoms with Gasteiger partial charge in [-0.2, -0.15) is 0 Å². The second kappa shape index (κ2) is 11.1. The molecule has 24 heavy (non-hydrogen) atoms. The highest BCUT2D eigenvalue weighted by atomic mass is 32.2. The molecule has 1 aliphatic carbocycles. The summed E-state index contributed by atoms with van der Waals surface area (Å²) in [4.78, 5) is 2.61. The van der Waals surface area contributed by atoms with Gasteiger partial charge in [-0.15, -0.1) is 11.8 Å². The average molecular weight is 358 g/mol. The van der Waals surface area contributed by atoms with Crippen molar-refractivity contribution in [1.29, 1.82) is 0 Å². The van der Waals surface area contributed by atoms with Crippen LogP contribution in [0, 0.1) is 17.3 Å². The molecule has 1 aliphatic rings. The minimum absolute atomic E-state index is 0.318. The zero-order valence-electron chi connectivity index (χ0n) is 17.4. The van der Waals surface area contributed by atoms with Crippen LogP contribution >= 0.6 is 11.8 Å². The summed E-state index contributed by atoms with van der Waals surface area (Å²) in [6, 6.07) is 0.774. The molecule has 3 heteroatoms. The first-order valence-corrected chi connectivity index (χ1v) is 11.4. The summed E-state index contributed by atoms with van der Waals surface area (Å²) in [6.45, 7) is 13.8. The van der Waals surface area contributed by atoms with Crippen molar-refractivity contribution in [2.45, 2.75) is 91.0 Å². The van der Waals surface area contributed by atoms with Crippen LogP contribution in [0.25, 0.3) is 0 Å². The molecule has 0 bridgehead atoms. The number of nitrogens with zero attached hydrogens (tertiary/aromatic N) is 1. The summed E-state index contributed by atoms with van der Waals surface area (Å²) >= 11 is 1.79. The summed E-state index contributed by atoms with van der Waals surface area (Å²) in [5.41, 5.74) is 0.844. The van der Waals surface area contributed by atoms with Gasteiger partial charge < -0.3 is 9.64 Å². The quantitative estimate of drug-likeness (QED) is 0.466. The lowest BCUT2D eigenvalue weighted by atomic mass is 9.70. The Bertz CT molecular complexity index is 324. The average Bonchev–Trinajstić information content (AvgIpc) is 2.51. The highest BCUT2D eigenvalue weighted by Crippen LogP contribution is 2.39. The lowest BCUT2D eigenvalue weighted by Crippen LogP contribution is -2.37. The first-order valence-electron chi connectivity index (χ1n) is 10.1. The zero-order valence-corrected chi connectivity index (χ0v) is 18.3. The van der Waals surface area contributed by atoms with Gasteiger partial charge in [-0.25, -0.2) is 0 Å². The van der Waals surface area contributed by atoms with Crippen molar-refractivity contribution in [2.75, 3.05) is 26.5 Å². The molecule has 2 nitrogen and oxygen atoms in total. The minimum Gasteiger partial charge on any atom is -0.368 e. The van der Waals surface area contributed by atoms with E-state index in [1.165, 1.54) is 44.9 Å². The third-order valence-corrected chi connectivity index (χ3v) is 7.17. The van der Waals surface area contributed by atoms with Gasteiger partial charge in [0, 0.05) is 12.6 Å². The first-order chi connectivity index (χ1) is 11.3. The molecule has 0 aromatic rings. The van der Waals surface area contributed by atoms with Gasteiger partial charge in [0.25, 0.3) is 0 Å². The Morgan fingerprint density at radius 3 is 2.21 bits per heavy atom. The van der Waals surface area contributed by atoms with Crippen molar-refractivity contribution in [3.05, 3.63) is 0 Å². The summed E-state index contributed by atoms with van der Waals surface area (Å²) in [7, 11) is 2.33. The molecule has 144 valence electrons. The molecular formula is C21H43NOS. The fourth-order valence-electron chi connectivity index (χ4n) is 4.06. The van der Waals surface area contributed by atoms with Crippen LogP contribution in [0.2, 0.25) is 0 Å². The molecule has 0 saturated heterocycles. The first kappa shape index (κ1) is 22.3. The van der Waals surface area contributed by atoms with Gasteiger partial charge >= 0.3 is 0 Å². The lowest BCUT2D eigenvalue weighted by Gasteiger charge is -2.38. The number of hydrogen-bond acceptors (Lipinski definition) is 3. The Morgan fingerprint density at radius 1 is 1.12 bits per heavy atom. The monoisotopic (exact) mass is 357 g/mol. The molecule has 2 atom stereocenters. The van der Waals surface area contributed by atoms with Crippen molar-refractivity contribution in [3.63, 3.8) is 0 Å². The molecule has 1 fully saturated rings. The van der Waals surface area contributed by atoms with Crippen LogP contribution in [0.1, 0.15) is 79.6 Å². The fourth-order valence-corrected chi connectivity index (χ4v) is 4.28. The second-order valence-electron chi connectivity index (χ2n) is 8.74. The van der Waals surface area contributed by atoms with Crippen LogP contribution in [0.5, 0.6) is 0 Å². The van der Waals surface area contributed by atoms with Gasteiger partial charge in [0.15, 0.2) is 0 Å². The van der Waals surface area contributed by atoms with Crippen molar-refractivity contribution in [2.24, 2.45) is 17.3 Å². The molecule has 0 amide bonds. The normalized spacial score (nSPS) is 26.0. The van der Waals surface area contributed by atoms with Crippen LogP contribution < -0.4 is 0 Å². The van der Waals surface area contributed by atoms with Crippen LogP contribution in [0.15, 0.2) is 0 Å². The minimum atomic E-state index is 0.318. The Balaban J connectivity index is 2.38. The van der Waals surface area contributed by atoms with E-state index in [1.807, 2.05) is 0 Å². The Kier molecular flexibility index (Phi) is 10.3. The van der Waals surface area contributed by atoms with Crippen LogP contribution in [-0.4, -0.2) is 42.8 Å². The van der Waals surface area contributed by atoms with E-state index in [0.717, 1.165) is 25.1 Å². The summed E-state index contributed by atoms with van der Waals surface area (Å²) in [5.74, 6) is 1.54. The van der Waals surface area contributed by atoms with Gasteiger partial charge in [-0.05, 0) is 63.2 Å². The SMILES string of the molecule is CCC(C)(C)C1CCCC(N(C)CC(C)COC(C)SC)CCC1. The van der Waals surface area contributed by atoms with Crippen molar-refractivity contribution in [3.8, 4) is 0 Å². The third kappa shape index (κ3) is 7.66. The zero-order chi connectivity index (χ0) is 18.2. The van der Waals surface area contributed by atoms with Crippen molar-refractivity contribution < 1.29 is 4.74 Å². The maximum atomic E-state index is 5.89. The number of rotatable bonds is 9. The molecule has 1 rings (SSSR count). The maximum absolute atomic E-state index is 5.89. The van der Waals surface area contributed by atoms with E-state index >= 15 is 0 Å². The Labute approximate surface area is 156 Å². The van der Waals surface area contributed by atoms with Crippen molar-refractivity contribution in [1.82, 2.24) is 4.90 Å². The summed E-state index contributed by atoms with van der Waals surface area (Å²) in [6.07, 6.45) is 11.8.